The Morgan fingerprint density at radius 1 is 1.03 bits per heavy atom. The van der Waals surface area contributed by atoms with Gasteiger partial charge in [0.1, 0.15) is 11.5 Å². The van der Waals surface area contributed by atoms with Crippen molar-refractivity contribution in [3.05, 3.63) is 65.2 Å². The molecule has 168 valence electrons. The van der Waals surface area contributed by atoms with Crippen molar-refractivity contribution < 1.29 is 19.4 Å². The van der Waals surface area contributed by atoms with Crippen molar-refractivity contribution in [2.45, 2.75) is 44.2 Å². The Kier molecular flexibility index (Phi) is 6.21. The van der Waals surface area contributed by atoms with Gasteiger partial charge in [-0.15, -0.1) is 0 Å². The van der Waals surface area contributed by atoms with Gasteiger partial charge < -0.3 is 19.6 Å². The molecular formula is C26H30N2O4. The van der Waals surface area contributed by atoms with Gasteiger partial charge in [0.25, 0.3) is 11.7 Å². The summed E-state index contributed by atoms with van der Waals surface area (Å²) in [5.74, 6) is -0.745. The Morgan fingerprint density at radius 3 is 2.34 bits per heavy atom. The number of carbonyl (C=O) groups excluding carboxylic acids is 2. The lowest BCUT2D eigenvalue weighted by molar-refractivity contribution is -0.141. The molecule has 0 spiro atoms. The lowest BCUT2D eigenvalue weighted by Crippen LogP contribution is -2.40. The topological polar surface area (TPSA) is 70.1 Å². The highest BCUT2D eigenvalue weighted by Gasteiger charge is 2.48. The van der Waals surface area contributed by atoms with Crippen LogP contribution in [-0.2, 0) is 9.59 Å². The van der Waals surface area contributed by atoms with E-state index in [-0.39, 0.29) is 17.4 Å². The lowest BCUT2D eigenvalue weighted by atomic mass is 9.91. The molecule has 6 heteroatoms. The summed E-state index contributed by atoms with van der Waals surface area (Å²) >= 11 is 0. The van der Waals surface area contributed by atoms with Crippen LogP contribution in [0.3, 0.4) is 0 Å². The highest BCUT2D eigenvalue weighted by molar-refractivity contribution is 6.46. The summed E-state index contributed by atoms with van der Waals surface area (Å²) < 4.78 is 5.28. The summed E-state index contributed by atoms with van der Waals surface area (Å²) in [7, 11) is 5.48. The number of amides is 1. The number of carbonyl (C=O) groups is 2. The summed E-state index contributed by atoms with van der Waals surface area (Å²) in [5, 5.41) is 11.2. The third kappa shape index (κ3) is 3.97. The molecule has 6 nitrogen and oxygen atoms in total. The van der Waals surface area contributed by atoms with Crippen LogP contribution in [-0.4, -0.2) is 48.9 Å². The molecule has 32 heavy (non-hydrogen) atoms. The van der Waals surface area contributed by atoms with E-state index in [4.69, 9.17) is 4.74 Å². The first kappa shape index (κ1) is 21.9. The fraction of sp³-hybridized carbons (Fsp3) is 0.385. The Labute approximate surface area is 189 Å². The molecule has 0 bridgehead atoms. The number of hydrogen-bond donors (Lipinski definition) is 1. The maximum absolute atomic E-state index is 13.2. The number of Topliss-reactive ketones (excluding diaryl/α,β-unsaturated/α-hetero) is 1. The van der Waals surface area contributed by atoms with Crippen molar-refractivity contribution in [2.24, 2.45) is 0 Å². The lowest BCUT2D eigenvalue weighted by Gasteiger charge is -2.35. The molecule has 1 saturated heterocycles. The van der Waals surface area contributed by atoms with Gasteiger partial charge in [0.15, 0.2) is 0 Å². The van der Waals surface area contributed by atoms with Crippen molar-refractivity contribution in [3.63, 3.8) is 0 Å². The number of anilines is 1. The summed E-state index contributed by atoms with van der Waals surface area (Å²) in [4.78, 5) is 30.2. The van der Waals surface area contributed by atoms with E-state index in [1.165, 1.54) is 0 Å². The van der Waals surface area contributed by atoms with Crippen LogP contribution in [0, 0.1) is 0 Å². The Bertz CT molecular complexity index is 1040. The van der Waals surface area contributed by atoms with Crippen molar-refractivity contribution in [2.75, 3.05) is 26.1 Å². The Balaban J connectivity index is 1.85. The van der Waals surface area contributed by atoms with Crippen LogP contribution in [0.2, 0.25) is 0 Å². The van der Waals surface area contributed by atoms with Gasteiger partial charge in [0.2, 0.25) is 0 Å². The molecule has 2 aromatic carbocycles. The highest BCUT2D eigenvalue weighted by Crippen LogP contribution is 2.43. The monoisotopic (exact) mass is 434 g/mol. The molecule has 1 unspecified atom stereocenters. The van der Waals surface area contributed by atoms with E-state index >= 15 is 0 Å². The maximum Gasteiger partial charge on any atom is 0.295 e. The normalized spacial score (nSPS) is 21.1. The molecule has 1 N–H and O–H groups in total. The molecule has 1 saturated carbocycles. The molecule has 2 aromatic rings. The fourth-order valence-corrected chi connectivity index (χ4v) is 4.79. The SMILES string of the molecule is COc1cccc(/C(O)=C2/C(=O)C(=O)N(C3CCCCC3)C2c2ccc(N(C)C)cc2)c1. The number of likely N-dealkylation sites (tertiary alicyclic amines) is 1. The second-order valence-electron chi connectivity index (χ2n) is 8.72. The second kappa shape index (κ2) is 9.07. The van der Waals surface area contributed by atoms with Crippen LogP contribution in [0.15, 0.2) is 54.1 Å². The minimum atomic E-state index is -0.627. The third-order valence-corrected chi connectivity index (χ3v) is 6.52. The van der Waals surface area contributed by atoms with Gasteiger partial charge in [-0.25, -0.2) is 0 Å². The molecular weight excluding hydrogens is 404 g/mol. The third-order valence-electron chi connectivity index (χ3n) is 6.52. The summed E-state index contributed by atoms with van der Waals surface area (Å²) in [5.41, 5.74) is 2.45. The number of rotatable bonds is 5. The second-order valence-corrected chi connectivity index (χ2v) is 8.72. The van der Waals surface area contributed by atoms with Crippen LogP contribution in [0.1, 0.15) is 49.3 Å². The van der Waals surface area contributed by atoms with Crippen molar-refractivity contribution >= 4 is 23.1 Å². The predicted octanol–water partition coefficient (Wildman–Crippen LogP) is 4.52. The number of methoxy groups -OCH3 is 1. The number of aliphatic hydroxyl groups excluding tert-OH is 1. The summed E-state index contributed by atoms with van der Waals surface area (Å²) in [6.45, 7) is 0. The average Bonchev–Trinajstić information content (AvgIpc) is 3.09. The smallest absolute Gasteiger partial charge is 0.295 e. The zero-order valence-electron chi connectivity index (χ0n) is 18.9. The van der Waals surface area contributed by atoms with Crippen LogP contribution < -0.4 is 9.64 Å². The van der Waals surface area contributed by atoms with Gasteiger partial charge in [-0.3, -0.25) is 9.59 Å². The number of aliphatic hydroxyl groups is 1. The van der Waals surface area contributed by atoms with Crippen molar-refractivity contribution in [1.29, 1.82) is 0 Å². The van der Waals surface area contributed by atoms with E-state index in [1.807, 2.05) is 43.3 Å². The first-order chi connectivity index (χ1) is 15.4. The van der Waals surface area contributed by atoms with Crippen molar-refractivity contribution in [3.8, 4) is 5.75 Å². The molecule has 2 aliphatic rings. The van der Waals surface area contributed by atoms with E-state index in [0.29, 0.717) is 11.3 Å². The van der Waals surface area contributed by atoms with E-state index in [0.717, 1.165) is 43.4 Å². The van der Waals surface area contributed by atoms with Crippen molar-refractivity contribution in [1.82, 2.24) is 4.90 Å². The van der Waals surface area contributed by atoms with Gasteiger partial charge in [-0.05, 0) is 42.7 Å². The van der Waals surface area contributed by atoms with E-state index in [1.54, 1.807) is 36.3 Å². The Morgan fingerprint density at radius 2 is 1.72 bits per heavy atom. The van der Waals surface area contributed by atoms with Crippen LogP contribution >= 0.6 is 0 Å². The fourth-order valence-electron chi connectivity index (χ4n) is 4.79. The molecule has 0 radical (unpaired) electrons. The number of ketones is 1. The zero-order chi connectivity index (χ0) is 22.8. The molecule has 0 aromatic heterocycles. The van der Waals surface area contributed by atoms with Gasteiger partial charge in [0, 0.05) is 31.4 Å². The number of nitrogens with zero attached hydrogens (tertiary/aromatic N) is 2. The standard InChI is InChI=1S/C26H30N2O4/c1-27(2)19-14-12-17(13-15-19)23-22(24(29)18-8-7-11-21(16-18)32-3)25(30)26(31)28(23)20-9-5-4-6-10-20/h7-8,11-16,20,23,29H,4-6,9-10H2,1-3H3/b24-22-. The number of benzene rings is 2. The van der Waals surface area contributed by atoms with Crippen LogP contribution in [0.25, 0.3) is 5.76 Å². The first-order valence-electron chi connectivity index (χ1n) is 11.1. The molecule has 1 heterocycles. The van der Waals surface area contributed by atoms with Crippen LogP contribution in [0.5, 0.6) is 5.75 Å². The van der Waals surface area contributed by atoms with Gasteiger partial charge in [0.05, 0.1) is 18.7 Å². The molecule has 4 rings (SSSR count). The first-order valence-corrected chi connectivity index (χ1v) is 11.1. The maximum atomic E-state index is 13.2. The van der Waals surface area contributed by atoms with Crippen LogP contribution in [0.4, 0.5) is 5.69 Å². The molecule has 1 atom stereocenters. The minimum absolute atomic E-state index is 0.00525. The predicted molar refractivity (Wildman–Crippen MR) is 125 cm³/mol. The van der Waals surface area contributed by atoms with E-state index in [9.17, 15) is 14.7 Å². The average molecular weight is 435 g/mol. The van der Waals surface area contributed by atoms with Gasteiger partial charge in [-0.2, -0.15) is 0 Å². The summed E-state index contributed by atoms with van der Waals surface area (Å²) in [6.07, 6.45) is 4.97. The van der Waals surface area contributed by atoms with E-state index in [2.05, 4.69) is 0 Å². The quantitative estimate of drug-likeness (QED) is 0.426. The zero-order valence-corrected chi connectivity index (χ0v) is 18.9. The molecule has 2 fully saturated rings. The highest BCUT2D eigenvalue weighted by atomic mass is 16.5. The number of ether oxygens (including phenoxy) is 1. The summed E-state index contributed by atoms with van der Waals surface area (Å²) in [6, 6.07) is 14.1. The molecule has 1 amide bonds. The van der Waals surface area contributed by atoms with Gasteiger partial charge in [-0.1, -0.05) is 43.5 Å². The Hall–Kier alpha value is -3.28. The minimum Gasteiger partial charge on any atom is -0.507 e. The number of hydrogen-bond acceptors (Lipinski definition) is 5. The van der Waals surface area contributed by atoms with Gasteiger partial charge >= 0.3 is 0 Å². The largest absolute Gasteiger partial charge is 0.507 e. The molecule has 1 aliphatic carbocycles. The van der Waals surface area contributed by atoms with E-state index < -0.39 is 17.7 Å². The molecule has 1 aliphatic heterocycles.